The van der Waals surface area contributed by atoms with Gasteiger partial charge >= 0.3 is 0 Å². The van der Waals surface area contributed by atoms with Gasteiger partial charge in [0.05, 0.1) is 5.56 Å². The third kappa shape index (κ3) is 2.70. The van der Waals surface area contributed by atoms with E-state index in [-0.39, 0.29) is 5.78 Å². The molecule has 0 aliphatic carbocycles. The monoisotopic (exact) mass is 211 g/mol. The number of carbonyl (C=O) groups is 1. The van der Waals surface area contributed by atoms with Gasteiger partial charge in [0.25, 0.3) is 0 Å². The van der Waals surface area contributed by atoms with E-state index in [0.717, 1.165) is 0 Å². The highest BCUT2D eigenvalue weighted by Crippen LogP contribution is 2.11. The van der Waals surface area contributed by atoms with E-state index in [9.17, 15) is 4.79 Å². The minimum atomic E-state index is 0.0484. The highest BCUT2D eigenvalue weighted by molar-refractivity contribution is 7.80. The fourth-order valence-corrected chi connectivity index (χ4v) is 1.15. The third-order valence-electron chi connectivity index (χ3n) is 1.74. The van der Waals surface area contributed by atoms with Crippen molar-refractivity contribution in [2.45, 2.75) is 13.3 Å². The summed E-state index contributed by atoms with van der Waals surface area (Å²) >= 11 is 4.07. The van der Waals surface area contributed by atoms with Crippen molar-refractivity contribution in [3.05, 3.63) is 18.1 Å². The maximum Gasteiger partial charge on any atom is 0.167 e. The number of carbonyl (C=O) groups excluding carboxylic acids is 1. The van der Waals surface area contributed by atoms with Crippen molar-refractivity contribution in [1.29, 1.82) is 0 Å². The van der Waals surface area contributed by atoms with Gasteiger partial charge in [0.1, 0.15) is 12.1 Å². The van der Waals surface area contributed by atoms with Crippen molar-refractivity contribution in [3.8, 4) is 0 Å². The summed E-state index contributed by atoms with van der Waals surface area (Å²) in [4.78, 5) is 19.3. The average Bonchev–Trinajstić information content (AvgIpc) is 2.25. The zero-order valence-corrected chi connectivity index (χ0v) is 8.92. The molecule has 4 nitrogen and oxygen atoms in total. The standard InChI is InChI=1S/C9H13N3OS/c1-2-8(13)7-5-10-6-12-9(7)11-3-4-14/h5-6,14H,2-4H2,1H3,(H,10,11,12). The summed E-state index contributed by atoms with van der Waals surface area (Å²) in [5.41, 5.74) is 0.553. The second-order valence-corrected chi connectivity index (χ2v) is 3.16. The maximum absolute atomic E-state index is 11.5. The van der Waals surface area contributed by atoms with Crippen molar-refractivity contribution in [2.24, 2.45) is 0 Å². The molecule has 0 aromatic carbocycles. The van der Waals surface area contributed by atoms with Crippen LogP contribution in [0.25, 0.3) is 0 Å². The molecule has 0 saturated heterocycles. The lowest BCUT2D eigenvalue weighted by atomic mass is 10.1. The van der Waals surface area contributed by atoms with Crippen LogP contribution in [0.3, 0.4) is 0 Å². The summed E-state index contributed by atoms with van der Waals surface area (Å²) in [7, 11) is 0. The molecule has 0 fully saturated rings. The van der Waals surface area contributed by atoms with Crippen LogP contribution in [0.1, 0.15) is 23.7 Å². The van der Waals surface area contributed by atoms with Gasteiger partial charge in [-0.2, -0.15) is 12.6 Å². The molecule has 0 bridgehead atoms. The lowest BCUT2D eigenvalue weighted by molar-refractivity contribution is 0.0988. The van der Waals surface area contributed by atoms with E-state index in [1.54, 1.807) is 6.20 Å². The zero-order valence-electron chi connectivity index (χ0n) is 8.03. The molecular weight excluding hydrogens is 198 g/mol. The molecule has 1 rings (SSSR count). The second-order valence-electron chi connectivity index (χ2n) is 2.71. The van der Waals surface area contributed by atoms with E-state index in [1.165, 1.54) is 6.33 Å². The first kappa shape index (κ1) is 11.0. The Labute approximate surface area is 88.6 Å². The fourth-order valence-electron chi connectivity index (χ4n) is 1.04. The molecule has 76 valence electrons. The fraction of sp³-hybridized carbons (Fsp3) is 0.444. The molecule has 1 N–H and O–H groups in total. The third-order valence-corrected chi connectivity index (χ3v) is 1.96. The van der Waals surface area contributed by atoms with E-state index in [4.69, 9.17) is 0 Å². The number of hydrogen-bond donors (Lipinski definition) is 2. The van der Waals surface area contributed by atoms with Gasteiger partial charge in [-0.3, -0.25) is 4.79 Å². The van der Waals surface area contributed by atoms with Crippen LogP contribution in [0.15, 0.2) is 12.5 Å². The molecule has 1 heterocycles. The Balaban J connectivity index is 2.85. The molecule has 0 aliphatic heterocycles. The molecule has 0 aliphatic rings. The topological polar surface area (TPSA) is 54.9 Å². The number of aromatic nitrogens is 2. The minimum Gasteiger partial charge on any atom is -0.369 e. The van der Waals surface area contributed by atoms with Gasteiger partial charge < -0.3 is 5.32 Å². The van der Waals surface area contributed by atoms with Gasteiger partial charge in [0, 0.05) is 24.9 Å². The Morgan fingerprint density at radius 3 is 3.07 bits per heavy atom. The van der Waals surface area contributed by atoms with Crippen LogP contribution in [0.2, 0.25) is 0 Å². The van der Waals surface area contributed by atoms with Gasteiger partial charge in [0.15, 0.2) is 5.78 Å². The van der Waals surface area contributed by atoms with Crippen molar-refractivity contribution in [1.82, 2.24) is 9.97 Å². The van der Waals surface area contributed by atoms with E-state index >= 15 is 0 Å². The molecule has 0 amide bonds. The maximum atomic E-state index is 11.5. The summed E-state index contributed by atoms with van der Waals surface area (Å²) in [6.07, 6.45) is 3.43. The lowest BCUT2D eigenvalue weighted by Crippen LogP contribution is -2.10. The molecule has 5 heteroatoms. The lowest BCUT2D eigenvalue weighted by Gasteiger charge is -2.06. The number of nitrogens with one attached hydrogen (secondary N) is 1. The van der Waals surface area contributed by atoms with Crippen molar-refractivity contribution >= 4 is 24.2 Å². The number of hydrogen-bond acceptors (Lipinski definition) is 5. The molecule has 14 heavy (non-hydrogen) atoms. The zero-order chi connectivity index (χ0) is 10.4. The summed E-state index contributed by atoms with van der Waals surface area (Å²) in [6, 6.07) is 0. The number of rotatable bonds is 5. The van der Waals surface area contributed by atoms with Crippen molar-refractivity contribution < 1.29 is 4.79 Å². The first-order valence-corrected chi connectivity index (χ1v) is 5.10. The number of anilines is 1. The van der Waals surface area contributed by atoms with Gasteiger partial charge in [-0.25, -0.2) is 9.97 Å². The SMILES string of the molecule is CCC(=O)c1cncnc1NCCS. The molecule has 1 aromatic heterocycles. The molecule has 0 saturated carbocycles. The second kappa shape index (κ2) is 5.59. The smallest absolute Gasteiger partial charge is 0.167 e. The van der Waals surface area contributed by atoms with Gasteiger partial charge in [-0.15, -0.1) is 0 Å². The Morgan fingerprint density at radius 2 is 2.43 bits per heavy atom. The Morgan fingerprint density at radius 1 is 1.64 bits per heavy atom. The van der Waals surface area contributed by atoms with E-state index < -0.39 is 0 Å². The van der Waals surface area contributed by atoms with Crippen molar-refractivity contribution in [3.63, 3.8) is 0 Å². The van der Waals surface area contributed by atoms with Crippen LogP contribution in [0.4, 0.5) is 5.82 Å². The summed E-state index contributed by atoms with van der Waals surface area (Å²) < 4.78 is 0. The number of Topliss-reactive ketones (excluding diaryl/α,β-unsaturated/α-hetero) is 1. The molecule has 0 atom stereocenters. The predicted octanol–water partition coefficient (Wildman–Crippen LogP) is 1.41. The molecule has 1 aromatic rings. The summed E-state index contributed by atoms with van der Waals surface area (Å²) in [5, 5.41) is 3.03. The highest BCUT2D eigenvalue weighted by atomic mass is 32.1. The Hall–Kier alpha value is -1.10. The van der Waals surface area contributed by atoms with E-state index in [2.05, 4.69) is 27.9 Å². The van der Waals surface area contributed by atoms with Crippen LogP contribution in [-0.4, -0.2) is 28.0 Å². The summed E-state index contributed by atoms with van der Waals surface area (Å²) in [6.45, 7) is 2.50. The van der Waals surface area contributed by atoms with Gasteiger partial charge in [-0.1, -0.05) is 6.92 Å². The van der Waals surface area contributed by atoms with Gasteiger partial charge in [0.2, 0.25) is 0 Å². The molecule has 0 spiro atoms. The number of ketones is 1. The highest BCUT2D eigenvalue weighted by Gasteiger charge is 2.09. The average molecular weight is 211 g/mol. The predicted molar refractivity (Wildman–Crippen MR) is 59.0 cm³/mol. The first-order valence-electron chi connectivity index (χ1n) is 4.47. The number of nitrogens with zero attached hydrogens (tertiary/aromatic N) is 2. The molecule has 0 radical (unpaired) electrons. The first-order chi connectivity index (χ1) is 6.79. The molecule has 0 unspecified atom stereocenters. The van der Waals surface area contributed by atoms with Crippen LogP contribution >= 0.6 is 12.6 Å². The summed E-state index contributed by atoms with van der Waals surface area (Å²) in [5.74, 6) is 1.34. The van der Waals surface area contributed by atoms with Crippen molar-refractivity contribution in [2.75, 3.05) is 17.6 Å². The Kier molecular flexibility index (Phi) is 4.39. The van der Waals surface area contributed by atoms with Gasteiger partial charge in [-0.05, 0) is 0 Å². The van der Waals surface area contributed by atoms with Crippen LogP contribution in [0.5, 0.6) is 0 Å². The quantitative estimate of drug-likeness (QED) is 0.571. The van der Waals surface area contributed by atoms with Crippen LogP contribution in [-0.2, 0) is 0 Å². The minimum absolute atomic E-state index is 0.0484. The number of thiol groups is 1. The molecular formula is C9H13N3OS. The van der Waals surface area contributed by atoms with E-state index in [1.807, 2.05) is 6.92 Å². The largest absolute Gasteiger partial charge is 0.369 e. The Bertz CT molecular complexity index is 317. The normalized spacial score (nSPS) is 9.86. The van der Waals surface area contributed by atoms with Crippen LogP contribution in [0, 0.1) is 0 Å². The van der Waals surface area contributed by atoms with E-state index in [0.29, 0.717) is 30.1 Å². The van der Waals surface area contributed by atoms with Crippen LogP contribution < -0.4 is 5.32 Å².